The fraction of sp³-hybridized carbons (Fsp3) is 0.150. The zero-order valence-electron chi connectivity index (χ0n) is 13.4. The zero-order valence-corrected chi connectivity index (χ0v) is 13.4. The van der Waals surface area contributed by atoms with Crippen LogP contribution in [0, 0.1) is 0 Å². The molecule has 3 rings (SSSR count). The number of nitrogens with one attached hydrogen (secondary N) is 1. The molecule has 0 unspecified atom stereocenters. The van der Waals surface area contributed by atoms with E-state index in [1.807, 2.05) is 43.3 Å². The molecule has 1 heterocycles. The number of carbonyl (C=O) groups is 1. The van der Waals surface area contributed by atoms with Gasteiger partial charge in [0.2, 0.25) is 0 Å². The summed E-state index contributed by atoms with van der Waals surface area (Å²) in [6.07, 6.45) is 1.59. The van der Waals surface area contributed by atoms with E-state index in [1.54, 1.807) is 36.6 Å². The monoisotopic (exact) mass is 321 g/mol. The highest BCUT2D eigenvalue weighted by Gasteiger charge is 2.13. The fourth-order valence-corrected chi connectivity index (χ4v) is 2.33. The van der Waals surface area contributed by atoms with Gasteiger partial charge in [-0.25, -0.2) is 0 Å². The average Bonchev–Trinajstić information content (AvgIpc) is 3.16. The number of rotatable bonds is 6. The Balaban J connectivity index is 1.56. The van der Waals surface area contributed by atoms with Crippen molar-refractivity contribution in [2.24, 2.45) is 0 Å². The molecule has 1 N–H and O–H groups in total. The Labute approximate surface area is 141 Å². The van der Waals surface area contributed by atoms with Crippen molar-refractivity contribution in [2.75, 3.05) is 0 Å². The number of hydrogen-bond donors (Lipinski definition) is 1. The lowest BCUT2D eigenvalue weighted by molar-refractivity contribution is 0.0935. The Bertz CT molecular complexity index is 764. The van der Waals surface area contributed by atoms with Crippen LogP contribution in [-0.4, -0.2) is 5.91 Å². The molecule has 0 saturated heterocycles. The van der Waals surface area contributed by atoms with Gasteiger partial charge >= 0.3 is 0 Å². The molecular weight excluding hydrogens is 302 g/mol. The largest absolute Gasteiger partial charge is 0.489 e. The highest BCUT2D eigenvalue weighted by atomic mass is 16.5. The zero-order chi connectivity index (χ0) is 16.8. The Hall–Kier alpha value is -3.01. The van der Waals surface area contributed by atoms with Gasteiger partial charge in [-0.05, 0) is 48.9 Å². The molecule has 0 fully saturated rings. The van der Waals surface area contributed by atoms with Crippen molar-refractivity contribution >= 4 is 5.91 Å². The van der Waals surface area contributed by atoms with Crippen molar-refractivity contribution in [3.63, 3.8) is 0 Å². The number of carbonyl (C=O) groups excluding carboxylic acids is 1. The highest BCUT2D eigenvalue weighted by Crippen LogP contribution is 2.16. The summed E-state index contributed by atoms with van der Waals surface area (Å²) in [5.74, 6) is 1.31. The van der Waals surface area contributed by atoms with E-state index in [2.05, 4.69) is 5.32 Å². The molecule has 3 aromatic rings. The number of ether oxygens (including phenoxy) is 1. The maximum Gasteiger partial charge on any atom is 0.251 e. The second-order valence-corrected chi connectivity index (χ2v) is 5.51. The van der Waals surface area contributed by atoms with E-state index < -0.39 is 0 Å². The van der Waals surface area contributed by atoms with Gasteiger partial charge in [0.1, 0.15) is 18.1 Å². The van der Waals surface area contributed by atoms with Gasteiger partial charge in [0, 0.05) is 5.56 Å². The molecule has 0 aliphatic carbocycles. The first-order valence-corrected chi connectivity index (χ1v) is 7.83. The van der Waals surface area contributed by atoms with Crippen LogP contribution in [-0.2, 0) is 6.61 Å². The number of amides is 1. The minimum Gasteiger partial charge on any atom is -0.489 e. The van der Waals surface area contributed by atoms with Gasteiger partial charge in [-0.15, -0.1) is 0 Å². The van der Waals surface area contributed by atoms with Crippen molar-refractivity contribution in [3.8, 4) is 5.75 Å². The lowest BCUT2D eigenvalue weighted by atomic mass is 10.1. The van der Waals surface area contributed by atoms with Crippen LogP contribution in [0.25, 0.3) is 0 Å². The van der Waals surface area contributed by atoms with E-state index in [4.69, 9.17) is 9.15 Å². The summed E-state index contributed by atoms with van der Waals surface area (Å²) in [5, 5.41) is 2.90. The molecule has 1 atom stereocenters. The van der Waals surface area contributed by atoms with Crippen LogP contribution < -0.4 is 10.1 Å². The molecule has 0 aliphatic rings. The molecule has 4 nitrogen and oxygen atoms in total. The van der Waals surface area contributed by atoms with Gasteiger partial charge in [0.15, 0.2) is 0 Å². The summed E-state index contributed by atoms with van der Waals surface area (Å²) in [6, 6.07) is 20.5. The van der Waals surface area contributed by atoms with Gasteiger partial charge in [-0.1, -0.05) is 30.3 Å². The van der Waals surface area contributed by atoms with Crippen LogP contribution in [0.15, 0.2) is 77.4 Å². The van der Waals surface area contributed by atoms with Crippen molar-refractivity contribution in [1.82, 2.24) is 5.32 Å². The molecule has 0 saturated carbocycles. The van der Waals surface area contributed by atoms with Crippen LogP contribution in [0.3, 0.4) is 0 Å². The molecule has 24 heavy (non-hydrogen) atoms. The Morgan fingerprint density at radius 3 is 2.46 bits per heavy atom. The summed E-state index contributed by atoms with van der Waals surface area (Å²) >= 11 is 0. The molecule has 2 aromatic carbocycles. The van der Waals surface area contributed by atoms with Gasteiger partial charge in [-0.3, -0.25) is 4.79 Å². The first-order valence-electron chi connectivity index (χ1n) is 7.83. The summed E-state index contributed by atoms with van der Waals surface area (Å²) in [5.41, 5.74) is 1.69. The lowest BCUT2D eigenvalue weighted by Gasteiger charge is -2.12. The van der Waals surface area contributed by atoms with E-state index in [0.717, 1.165) is 17.1 Å². The van der Waals surface area contributed by atoms with Crippen molar-refractivity contribution < 1.29 is 13.9 Å². The van der Waals surface area contributed by atoms with Crippen molar-refractivity contribution in [3.05, 3.63) is 89.9 Å². The van der Waals surface area contributed by atoms with Gasteiger partial charge < -0.3 is 14.5 Å². The van der Waals surface area contributed by atoms with Gasteiger partial charge in [-0.2, -0.15) is 0 Å². The first kappa shape index (κ1) is 15.9. The minimum absolute atomic E-state index is 0.145. The van der Waals surface area contributed by atoms with E-state index in [9.17, 15) is 4.79 Å². The predicted molar refractivity (Wildman–Crippen MR) is 91.8 cm³/mol. The first-order chi connectivity index (χ1) is 11.7. The average molecular weight is 321 g/mol. The van der Waals surface area contributed by atoms with Crippen LogP contribution in [0.2, 0.25) is 0 Å². The third kappa shape index (κ3) is 4.04. The van der Waals surface area contributed by atoms with E-state index in [1.165, 1.54) is 0 Å². The number of benzene rings is 2. The van der Waals surface area contributed by atoms with E-state index in [-0.39, 0.29) is 11.9 Å². The van der Waals surface area contributed by atoms with Crippen LogP contribution in [0.4, 0.5) is 0 Å². The molecule has 0 radical (unpaired) electrons. The quantitative estimate of drug-likeness (QED) is 0.734. The molecule has 4 heteroatoms. The topological polar surface area (TPSA) is 51.5 Å². The fourth-order valence-electron chi connectivity index (χ4n) is 2.33. The normalized spacial score (nSPS) is 11.7. The summed E-state index contributed by atoms with van der Waals surface area (Å²) in [7, 11) is 0. The molecular formula is C20H19NO3. The second kappa shape index (κ2) is 7.51. The highest BCUT2D eigenvalue weighted by molar-refractivity contribution is 5.94. The van der Waals surface area contributed by atoms with Gasteiger partial charge in [0.05, 0.1) is 12.3 Å². The SMILES string of the molecule is C[C@@H](NC(=O)c1ccc(OCc2ccccc2)cc1)c1ccco1. The molecule has 0 spiro atoms. The summed E-state index contributed by atoms with van der Waals surface area (Å²) in [6.45, 7) is 2.38. The maximum absolute atomic E-state index is 12.2. The Morgan fingerprint density at radius 2 is 1.79 bits per heavy atom. The van der Waals surface area contributed by atoms with E-state index in [0.29, 0.717) is 12.2 Å². The van der Waals surface area contributed by atoms with E-state index >= 15 is 0 Å². The van der Waals surface area contributed by atoms with Crippen LogP contribution >= 0.6 is 0 Å². The third-order valence-corrected chi connectivity index (χ3v) is 3.68. The smallest absolute Gasteiger partial charge is 0.251 e. The molecule has 122 valence electrons. The van der Waals surface area contributed by atoms with Crippen LogP contribution in [0.1, 0.15) is 34.6 Å². The molecule has 0 aliphatic heterocycles. The Kier molecular flexibility index (Phi) is 4.96. The summed E-state index contributed by atoms with van der Waals surface area (Å²) < 4.78 is 11.0. The van der Waals surface area contributed by atoms with Crippen molar-refractivity contribution in [2.45, 2.75) is 19.6 Å². The Morgan fingerprint density at radius 1 is 1.04 bits per heavy atom. The maximum atomic E-state index is 12.2. The number of hydrogen-bond acceptors (Lipinski definition) is 3. The van der Waals surface area contributed by atoms with Crippen LogP contribution in [0.5, 0.6) is 5.75 Å². The number of furan rings is 1. The minimum atomic E-state index is -0.179. The molecule has 1 amide bonds. The lowest BCUT2D eigenvalue weighted by Crippen LogP contribution is -2.26. The molecule has 0 bridgehead atoms. The third-order valence-electron chi connectivity index (χ3n) is 3.68. The molecule has 1 aromatic heterocycles. The second-order valence-electron chi connectivity index (χ2n) is 5.51. The van der Waals surface area contributed by atoms with Gasteiger partial charge in [0.25, 0.3) is 5.91 Å². The predicted octanol–water partition coefficient (Wildman–Crippen LogP) is 4.35. The van der Waals surface area contributed by atoms with Crippen molar-refractivity contribution in [1.29, 1.82) is 0 Å². The summed E-state index contributed by atoms with van der Waals surface area (Å²) in [4.78, 5) is 12.2. The standard InChI is InChI=1S/C20H19NO3/c1-15(19-8-5-13-23-19)21-20(22)17-9-11-18(12-10-17)24-14-16-6-3-2-4-7-16/h2-13,15H,14H2,1H3,(H,21,22)/t15-/m1/s1.